The van der Waals surface area contributed by atoms with Crippen molar-refractivity contribution in [3.8, 4) is 0 Å². The molecule has 0 aliphatic carbocycles. The first-order valence-electron chi connectivity index (χ1n) is 9.10. The van der Waals surface area contributed by atoms with Crippen molar-refractivity contribution in [3.63, 3.8) is 0 Å². The van der Waals surface area contributed by atoms with Crippen LogP contribution in [0.4, 0.5) is 5.13 Å². The number of amidine groups is 1. The summed E-state index contributed by atoms with van der Waals surface area (Å²) in [7, 11) is 0. The highest BCUT2D eigenvalue weighted by Gasteiger charge is 2.00. The lowest BCUT2D eigenvalue weighted by atomic mass is 10.1. The Hall–Kier alpha value is -1.67. The summed E-state index contributed by atoms with van der Waals surface area (Å²) in [5, 5.41) is 15.8. The van der Waals surface area contributed by atoms with E-state index >= 15 is 0 Å². The molecule has 0 atom stereocenters. The topological polar surface area (TPSA) is 114 Å². The quantitative estimate of drug-likeness (QED) is 0.228. The highest BCUT2D eigenvalue weighted by Crippen LogP contribution is 2.12. The summed E-state index contributed by atoms with van der Waals surface area (Å²) in [6.07, 6.45) is 9.15. The molecule has 25 heavy (non-hydrogen) atoms. The van der Waals surface area contributed by atoms with Crippen LogP contribution in [-0.4, -0.2) is 35.7 Å². The average Bonchev–Trinajstić information content (AvgIpc) is 2.99. The molecule has 1 aromatic heterocycles. The van der Waals surface area contributed by atoms with E-state index in [1.165, 1.54) is 37.0 Å². The van der Waals surface area contributed by atoms with Gasteiger partial charge in [-0.05, 0) is 32.7 Å². The van der Waals surface area contributed by atoms with Crippen LogP contribution in [0.15, 0.2) is 17.4 Å². The lowest BCUT2D eigenvalue weighted by molar-refractivity contribution is 0.582. The van der Waals surface area contributed by atoms with E-state index in [0.717, 1.165) is 62.0 Å². The Morgan fingerprint density at radius 1 is 1.12 bits per heavy atom. The van der Waals surface area contributed by atoms with Gasteiger partial charge in [-0.2, -0.15) is 0 Å². The minimum atomic E-state index is 0.522. The minimum Gasteiger partial charge on any atom is -0.374 e. The molecule has 0 amide bonds. The van der Waals surface area contributed by atoms with Gasteiger partial charge in [-0.3, -0.25) is 4.99 Å². The molecule has 0 spiro atoms. The maximum absolute atomic E-state index is 5.56. The van der Waals surface area contributed by atoms with E-state index in [2.05, 4.69) is 32.4 Å². The molecule has 1 aromatic rings. The van der Waals surface area contributed by atoms with Crippen LogP contribution in [-0.2, 0) is 6.42 Å². The third kappa shape index (κ3) is 11.5. The van der Waals surface area contributed by atoms with Crippen molar-refractivity contribution in [3.05, 3.63) is 17.4 Å². The molecule has 6 N–H and O–H groups in total. The summed E-state index contributed by atoms with van der Waals surface area (Å²) in [4.78, 5) is 4.49. The van der Waals surface area contributed by atoms with Crippen LogP contribution in [0.3, 0.4) is 0 Å². The molecule has 1 rings (SSSR count). The standard InChI is InChI=1S/C17H33N7S/c1-14(20-12-8-6-4-3-5-7-11-18)22-15(2)21-13-9-10-16-23-24-17(19)25-16/h20H,1,3-13,18H2,2H3,(H2,19,24)(H,21,22). The number of nitrogens with two attached hydrogens (primary N) is 2. The van der Waals surface area contributed by atoms with Crippen LogP contribution in [0.1, 0.15) is 56.9 Å². The van der Waals surface area contributed by atoms with Crippen LogP contribution in [0.25, 0.3) is 0 Å². The first-order chi connectivity index (χ1) is 12.1. The number of nitrogens with zero attached hydrogens (tertiary/aromatic N) is 3. The van der Waals surface area contributed by atoms with Crippen LogP contribution >= 0.6 is 11.3 Å². The van der Waals surface area contributed by atoms with Crippen LogP contribution in [0.5, 0.6) is 0 Å². The fourth-order valence-corrected chi connectivity index (χ4v) is 3.01. The Kier molecular flexibility index (Phi) is 11.6. The number of rotatable bonds is 14. The van der Waals surface area contributed by atoms with Gasteiger partial charge in [-0.25, -0.2) is 0 Å². The number of aliphatic imine (C=N–C) groups is 1. The number of hydrogen-bond donors (Lipinski definition) is 4. The molecule has 1 heterocycles. The van der Waals surface area contributed by atoms with Gasteiger partial charge in [0.15, 0.2) is 0 Å². The van der Waals surface area contributed by atoms with E-state index in [-0.39, 0.29) is 0 Å². The zero-order valence-electron chi connectivity index (χ0n) is 15.4. The third-order valence-corrected chi connectivity index (χ3v) is 4.49. The molecule has 0 bridgehead atoms. The summed E-state index contributed by atoms with van der Waals surface area (Å²) < 4.78 is 0. The van der Waals surface area contributed by atoms with Crippen molar-refractivity contribution >= 4 is 22.3 Å². The van der Waals surface area contributed by atoms with Gasteiger partial charge in [-0.15, -0.1) is 10.2 Å². The molecule has 0 fully saturated rings. The highest BCUT2D eigenvalue weighted by molar-refractivity contribution is 7.15. The largest absolute Gasteiger partial charge is 0.374 e. The van der Waals surface area contributed by atoms with E-state index in [1.54, 1.807) is 0 Å². The third-order valence-electron chi connectivity index (χ3n) is 3.68. The predicted octanol–water partition coefficient (Wildman–Crippen LogP) is 2.42. The Balaban J connectivity index is 2.01. The number of nitrogen functional groups attached to an aromatic ring is 1. The SMILES string of the molecule is C=C(NCCCCCCCCN)NC(C)=NCCCc1nnc(N)s1. The van der Waals surface area contributed by atoms with Gasteiger partial charge < -0.3 is 22.1 Å². The zero-order chi connectivity index (χ0) is 18.3. The van der Waals surface area contributed by atoms with E-state index in [9.17, 15) is 0 Å². The van der Waals surface area contributed by atoms with Crippen molar-refractivity contribution in [2.24, 2.45) is 10.7 Å². The molecule has 0 saturated carbocycles. The monoisotopic (exact) mass is 367 g/mol. The summed E-state index contributed by atoms with van der Waals surface area (Å²) in [5.41, 5.74) is 11.0. The van der Waals surface area contributed by atoms with Crippen molar-refractivity contribution in [2.45, 2.75) is 58.3 Å². The minimum absolute atomic E-state index is 0.522. The van der Waals surface area contributed by atoms with Gasteiger partial charge in [-0.1, -0.05) is 43.6 Å². The normalized spacial score (nSPS) is 11.5. The van der Waals surface area contributed by atoms with Gasteiger partial charge in [0.2, 0.25) is 5.13 Å². The second kappa shape index (κ2) is 13.6. The molecule has 7 nitrogen and oxygen atoms in total. The lowest BCUT2D eigenvalue weighted by Gasteiger charge is -2.11. The molecular formula is C17H33N7S. The van der Waals surface area contributed by atoms with Crippen molar-refractivity contribution in [1.82, 2.24) is 20.8 Å². The van der Waals surface area contributed by atoms with E-state index < -0.39 is 0 Å². The van der Waals surface area contributed by atoms with Crippen LogP contribution in [0, 0.1) is 0 Å². The number of anilines is 1. The van der Waals surface area contributed by atoms with Gasteiger partial charge in [0.05, 0.1) is 11.7 Å². The Morgan fingerprint density at radius 2 is 1.84 bits per heavy atom. The van der Waals surface area contributed by atoms with Crippen molar-refractivity contribution in [1.29, 1.82) is 0 Å². The molecule has 8 heteroatoms. The molecule has 0 saturated heterocycles. The number of nitrogens with one attached hydrogen (secondary N) is 2. The average molecular weight is 368 g/mol. The summed E-state index contributed by atoms with van der Waals surface area (Å²) in [5.74, 6) is 1.68. The van der Waals surface area contributed by atoms with Gasteiger partial charge >= 0.3 is 0 Å². The molecule has 142 valence electrons. The van der Waals surface area contributed by atoms with Gasteiger partial charge in [0.25, 0.3) is 0 Å². The Bertz CT molecular complexity index is 513. The van der Waals surface area contributed by atoms with E-state index in [4.69, 9.17) is 11.5 Å². The number of unbranched alkanes of at least 4 members (excludes halogenated alkanes) is 5. The van der Waals surface area contributed by atoms with Crippen molar-refractivity contribution in [2.75, 3.05) is 25.4 Å². The van der Waals surface area contributed by atoms with E-state index in [0.29, 0.717) is 5.13 Å². The second-order valence-electron chi connectivity index (χ2n) is 6.05. The fraction of sp³-hybridized carbons (Fsp3) is 0.706. The van der Waals surface area contributed by atoms with Crippen LogP contribution < -0.4 is 22.1 Å². The highest BCUT2D eigenvalue weighted by atomic mass is 32.1. The number of hydrogen-bond acceptors (Lipinski definition) is 7. The summed E-state index contributed by atoms with van der Waals surface area (Å²) in [6.45, 7) is 8.43. The smallest absolute Gasteiger partial charge is 0.203 e. The molecule has 0 aliphatic heterocycles. The van der Waals surface area contributed by atoms with Gasteiger partial charge in [0.1, 0.15) is 5.01 Å². The zero-order valence-corrected chi connectivity index (χ0v) is 16.2. The van der Waals surface area contributed by atoms with Crippen LogP contribution in [0.2, 0.25) is 0 Å². The first kappa shape index (κ1) is 21.4. The molecule has 0 aliphatic rings. The fourth-order valence-electron chi connectivity index (χ4n) is 2.36. The summed E-state index contributed by atoms with van der Waals surface area (Å²) in [6, 6.07) is 0. The number of aryl methyl sites for hydroxylation is 1. The molecule has 0 unspecified atom stereocenters. The maximum atomic E-state index is 5.56. The maximum Gasteiger partial charge on any atom is 0.203 e. The molecule has 0 aromatic carbocycles. The lowest BCUT2D eigenvalue weighted by Crippen LogP contribution is -2.29. The van der Waals surface area contributed by atoms with E-state index in [1.807, 2.05) is 6.92 Å². The molecule has 0 radical (unpaired) electrons. The Morgan fingerprint density at radius 3 is 2.52 bits per heavy atom. The number of aromatic nitrogens is 2. The Labute approximate surface area is 155 Å². The van der Waals surface area contributed by atoms with Gasteiger partial charge in [0, 0.05) is 19.5 Å². The summed E-state index contributed by atoms with van der Waals surface area (Å²) >= 11 is 1.44. The predicted molar refractivity (Wildman–Crippen MR) is 108 cm³/mol. The first-order valence-corrected chi connectivity index (χ1v) is 9.92. The van der Waals surface area contributed by atoms with Crippen molar-refractivity contribution < 1.29 is 0 Å². The second-order valence-corrected chi connectivity index (χ2v) is 7.14. The molecular weight excluding hydrogens is 334 g/mol.